The first-order valence-electron chi connectivity index (χ1n) is 6.84. The lowest BCUT2D eigenvalue weighted by Crippen LogP contribution is -2.19. The van der Waals surface area contributed by atoms with Gasteiger partial charge in [-0.05, 0) is 24.6 Å². The van der Waals surface area contributed by atoms with E-state index >= 15 is 0 Å². The molecule has 108 valence electrons. The minimum absolute atomic E-state index is 0.152. The normalized spacial score (nSPS) is 11.7. The van der Waals surface area contributed by atoms with Crippen LogP contribution in [0.5, 0.6) is 5.75 Å². The van der Waals surface area contributed by atoms with E-state index in [-0.39, 0.29) is 12.6 Å². The van der Waals surface area contributed by atoms with Crippen LogP contribution in [0.4, 0.5) is 0 Å². The van der Waals surface area contributed by atoms with Crippen molar-refractivity contribution >= 4 is 11.6 Å². The van der Waals surface area contributed by atoms with Crippen molar-refractivity contribution in [2.24, 2.45) is 0 Å². The predicted molar refractivity (Wildman–Crippen MR) is 87.5 cm³/mol. The maximum atomic E-state index is 6.21. The number of rotatable bonds is 6. The zero-order valence-electron chi connectivity index (χ0n) is 12.0. The fourth-order valence-corrected chi connectivity index (χ4v) is 2.41. The van der Waals surface area contributed by atoms with Gasteiger partial charge in [-0.15, -0.1) is 6.42 Å². The van der Waals surface area contributed by atoms with Gasteiger partial charge in [-0.1, -0.05) is 53.9 Å². The van der Waals surface area contributed by atoms with Gasteiger partial charge in [0.05, 0.1) is 0 Å². The summed E-state index contributed by atoms with van der Waals surface area (Å²) in [6.45, 7) is 3.05. The Morgan fingerprint density at radius 3 is 2.67 bits per heavy atom. The molecule has 0 saturated heterocycles. The minimum atomic E-state index is 0.152. The summed E-state index contributed by atoms with van der Waals surface area (Å²) < 4.78 is 5.55. The second kappa shape index (κ2) is 7.73. The molecule has 0 fully saturated rings. The fraction of sp³-hybridized carbons (Fsp3) is 0.222. The summed E-state index contributed by atoms with van der Waals surface area (Å²) >= 11 is 6.21. The van der Waals surface area contributed by atoms with E-state index in [1.165, 1.54) is 0 Å². The highest BCUT2D eigenvalue weighted by molar-refractivity contribution is 6.31. The molecule has 2 aromatic rings. The van der Waals surface area contributed by atoms with Crippen LogP contribution in [0.2, 0.25) is 5.02 Å². The van der Waals surface area contributed by atoms with Crippen LogP contribution in [-0.4, -0.2) is 6.61 Å². The zero-order chi connectivity index (χ0) is 15.1. The van der Waals surface area contributed by atoms with E-state index < -0.39 is 0 Å². The second-order valence-corrected chi connectivity index (χ2v) is 5.13. The molecule has 1 atom stereocenters. The third-order valence-corrected chi connectivity index (χ3v) is 3.60. The van der Waals surface area contributed by atoms with Crippen molar-refractivity contribution in [1.29, 1.82) is 0 Å². The molecule has 0 spiro atoms. The van der Waals surface area contributed by atoms with Crippen LogP contribution in [0, 0.1) is 12.3 Å². The van der Waals surface area contributed by atoms with E-state index in [4.69, 9.17) is 22.8 Å². The summed E-state index contributed by atoms with van der Waals surface area (Å²) in [5, 5.41) is 4.23. The summed E-state index contributed by atoms with van der Waals surface area (Å²) in [6.07, 6.45) is 5.24. The van der Waals surface area contributed by atoms with E-state index in [0.29, 0.717) is 6.54 Å². The highest BCUT2D eigenvalue weighted by Crippen LogP contribution is 2.24. The third kappa shape index (κ3) is 4.26. The zero-order valence-corrected chi connectivity index (χ0v) is 12.7. The van der Waals surface area contributed by atoms with Crippen LogP contribution in [0.1, 0.15) is 24.1 Å². The average molecular weight is 300 g/mol. The fourth-order valence-electron chi connectivity index (χ4n) is 2.11. The lowest BCUT2D eigenvalue weighted by atomic mass is 10.1. The van der Waals surface area contributed by atoms with E-state index in [0.717, 1.165) is 21.9 Å². The van der Waals surface area contributed by atoms with Crippen molar-refractivity contribution in [2.75, 3.05) is 6.61 Å². The summed E-state index contributed by atoms with van der Waals surface area (Å²) in [5.41, 5.74) is 2.16. The molecule has 3 heteroatoms. The molecular weight excluding hydrogens is 282 g/mol. The van der Waals surface area contributed by atoms with Gasteiger partial charge in [-0.25, -0.2) is 0 Å². The van der Waals surface area contributed by atoms with Gasteiger partial charge in [-0.3, -0.25) is 0 Å². The highest BCUT2D eigenvalue weighted by Gasteiger charge is 2.10. The quantitative estimate of drug-likeness (QED) is 0.807. The number of halogens is 1. The Morgan fingerprint density at radius 2 is 1.90 bits per heavy atom. The SMILES string of the molecule is C#CCOc1ccccc1CN[C@H](C)c1ccccc1Cl. The number of nitrogens with one attached hydrogen (secondary N) is 1. The molecule has 2 rings (SSSR count). The monoisotopic (exact) mass is 299 g/mol. The Kier molecular flexibility index (Phi) is 5.68. The molecule has 0 amide bonds. The molecule has 0 heterocycles. The molecule has 0 radical (unpaired) electrons. The molecule has 0 aliphatic carbocycles. The average Bonchev–Trinajstić information content (AvgIpc) is 2.52. The molecule has 0 aliphatic heterocycles. The van der Waals surface area contributed by atoms with Gasteiger partial charge in [0, 0.05) is 23.2 Å². The Hall–Kier alpha value is -1.95. The Balaban J connectivity index is 2.03. The second-order valence-electron chi connectivity index (χ2n) is 4.72. The topological polar surface area (TPSA) is 21.3 Å². The smallest absolute Gasteiger partial charge is 0.148 e. The number of para-hydroxylation sites is 1. The Bertz CT molecular complexity index is 633. The molecule has 0 aromatic heterocycles. The van der Waals surface area contributed by atoms with Gasteiger partial charge in [0.25, 0.3) is 0 Å². The Labute approximate surface area is 131 Å². The van der Waals surface area contributed by atoms with Gasteiger partial charge >= 0.3 is 0 Å². The van der Waals surface area contributed by atoms with Gasteiger partial charge in [0.15, 0.2) is 0 Å². The van der Waals surface area contributed by atoms with Crippen molar-refractivity contribution in [2.45, 2.75) is 19.5 Å². The van der Waals surface area contributed by atoms with Crippen molar-refractivity contribution in [1.82, 2.24) is 5.32 Å². The predicted octanol–water partition coefficient (Wildman–Crippen LogP) is 4.20. The number of hydrogen-bond acceptors (Lipinski definition) is 2. The molecule has 1 N–H and O–H groups in total. The first-order valence-corrected chi connectivity index (χ1v) is 7.22. The number of benzene rings is 2. The molecule has 0 saturated carbocycles. The van der Waals surface area contributed by atoms with Crippen LogP contribution in [0.25, 0.3) is 0 Å². The summed E-state index contributed by atoms with van der Waals surface area (Å²) in [6, 6.07) is 15.9. The number of ether oxygens (including phenoxy) is 1. The van der Waals surface area contributed by atoms with Gasteiger partial charge in [0.1, 0.15) is 12.4 Å². The van der Waals surface area contributed by atoms with Gasteiger partial charge in [-0.2, -0.15) is 0 Å². The lowest BCUT2D eigenvalue weighted by Gasteiger charge is -2.17. The largest absolute Gasteiger partial charge is 0.481 e. The Morgan fingerprint density at radius 1 is 1.19 bits per heavy atom. The minimum Gasteiger partial charge on any atom is -0.481 e. The van der Waals surface area contributed by atoms with E-state index in [1.54, 1.807) is 0 Å². The molecule has 21 heavy (non-hydrogen) atoms. The van der Waals surface area contributed by atoms with E-state index in [2.05, 4.69) is 18.2 Å². The number of hydrogen-bond donors (Lipinski definition) is 1. The van der Waals surface area contributed by atoms with Crippen LogP contribution >= 0.6 is 11.6 Å². The molecular formula is C18H18ClNO. The van der Waals surface area contributed by atoms with Crippen molar-refractivity contribution in [3.63, 3.8) is 0 Å². The first-order chi connectivity index (χ1) is 10.2. The van der Waals surface area contributed by atoms with Crippen molar-refractivity contribution < 1.29 is 4.74 Å². The lowest BCUT2D eigenvalue weighted by molar-refractivity contribution is 0.364. The van der Waals surface area contributed by atoms with Crippen molar-refractivity contribution in [3.8, 4) is 18.1 Å². The molecule has 2 aromatic carbocycles. The van der Waals surface area contributed by atoms with Crippen LogP contribution in [0.3, 0.4) is 0 Å². The van der Waals surface area contributed by atoms with Crippen LogP contribution in [0.15, 0.2) is 48.5 Å². The highest BCUT2D eigenvalue weighted by atomic mass is 35.5. The summed E-state index contributed by atoms with van der Waals surface area (Å²) in [5.74, 6) is 3.30. The standard InChI is InChI=1S/C18H18ClNO/c1-3-12-21-18-11-7-4-8-15(18)13-20-14(2)16-9-5-6-10-17(16)19/h1,4-11,14,20H,12-13H2,2H3/t14-/m1/s1. The van der Waals surface area contributed by atoms with Gasteiger partial charge < -0.3 is 10.1 Å². The van der Waals surface area contributed by atoms with Crippen LogP contribution < -0.4 is 10.1 Å². The van der Waals surface area contributed by atoms with E-state index in [1.807, 2.05) is 48.5 Å². The first kappa shape index (κ1) is 15.4. The summed E-state index contributed by atoms with van der Waals surface area (Å²) in [4.78, 5) is 0. The number of terminal acetylenes is 1. The maximum absolute atomic E-state index is 6.21. The summed E-state index contributed by atoms with van der Waals surface area (Å²) in [7, 11) is 0. The van der Waals surface area contributed by atoms with Crippen LogP contribution in [-0.2, 0) is 6.54 Å². The molecule has 0 unspecified atom stereocenters. The molecule has 0 bridgehead atoms. The molecule has 0 aliphatic rings. The third-order valence-electron chi connectivity index (χ3n) is 3.25. The molecule has 2 nitrogen and oxygen atoms in total. The van der Waals surface area contributed by atoms with Gasteiger partial charge in [0.2, 0.25) is 0 Å². The van der Waals surface area contributed by atoms with E-state index in [9.17, 15) is 0 Å². The van der Waals surface area contributed by atoms with Crippen molar-refractivity contribution in [3.05, 3.63) is 64.7 Å². The maximum Gasteiger partial charge on any atom is 0.148 e.